The zero-order chi connectivity index (χ0) is 14.7. The van der Waals surface area contributed by atoms with Crippen molar-refractivity contribution >= 4 is 29.1 Å². The molecule has 2 atom stereocenters. The van der Waals surface area contributed by atoms with Gasteiger partial charge in [-0.3, -0.25) is 4.79 Å². The van der Waals surface area contributed by atoms with Crippen molar-refractivity contribution in [2.75, 3.05) is 13.1 Å². The zero-order valence-electron chi connectivity index (χ0n) is 11.2. The molecule has 110 valence electrons. The lowest BCUT2D eigenvalue weighted by molar-refractivity contribution is -0.141. The minimum absolute atomic E-state index is 0.153. The predicted octanol–water partition coefficient (Wildman–Crippen LogP) is 2.74. The van der Waals surface area contributed by atoms with E-state index < -0.39 is 12.2 Å². The number of piperidine rings is 1. The molecule has 1 fully saturated rings. The number of ether oxygens (including phenoxy) is 1. The maximum absolute atomic E-state index is 12.3. The summed E-state index contributed by atoms with van der Waals surface area (Å²) in [6.45, 7) is 2.67. The molecule has 1 aromatic carbocycles. The first-order valence-corrected chi connectivity index (χ1v) is 7.32. The molecule has 2 unspecified atom stereocenters. The maximum Gasteiger partial charge on any atom is 0.263 e. The lowest BCUT2D eigenvalue weighted by Crippen LogP contribution is -2.47. The topological polar surface area (TPSA) is 49.8 Å². The van der Waals surface area contributed by atoms with Gasteiger partial charge >= 0.3 is 0 Å². The van der Waals surface area contributed by atoms with Gasteiger partial charge < -0.3 is 14.7 Å². The van der Waals surface area contributed by atoms with Crippen LogP contribution in [0.3, 0.4) is 0 Å². The fraction of sp³-hybridized carbons (Fsp3) is 0.500. The van der Waals surface area contributed by atoms with Gasteiger partial charge in [-0.05, 0) is 31.9 Å². The van der Waals surface area contributed by atoms with E-state index in [0.717, 1.165) is 12.8 Å². The lowest BCUT2D eigenvalue weighted by Gasteiger charge is -2.32. The fourth-order valence-corrected chi connectivity index (χ4v) is 2.56. The molecule has 1 N–H and O–H groups in total. The Morgan fingerprint density at radius 1 is 1.50 bits per heavy atom. The molecule has 1 aliphatic heterocycles. The van der Waals surface area contributed by atoms with Crippen LogP contribution in [0.2, 0.25) is 10.0 Å². The van der Waals surface area contributed by atoms with Crippen LogP contribution in [0.15, 0.2) is 18.2 Å². The summed E-state index contributed by atoms with van der Waals surface area (Å²) >= 11 is 11.9. The Kier molecular flexibility index (Phi) is 5.13. The molecule has 1 aliphatic rings. The van der Waals surface area contributed by atoms with Crippen LogP contribution < -0.4 is 4.74 Å². The number of amides is 1. The Hall–Kier alpha value is -0.970. The molecule has 0 aromatic heterocycles. The second kappa shape index (κ2) is 6.66. The largest absolute Gasteiger partial charge is 0.479 e. The van der Waals surface area contributed by atoms with E-state index in [1.165, 1.54) is 0 Å². The van der Waals surface area contributed by atoms with Crippen molar-refractivity contribution in [2.24, 2.45) is 0 Å². The molecule has 0 aliphatic carbocycles. The second-order valence-electron chi connectivity index (χ2n) is 4.89. The number of carbonyl (C=O) groups excluding carboxylic acids is 1. The molecular weight excluding hydrogens is 301 g/mol. The van der Waals surface area contributed by atoms with E-state index in [1.54, 1.807) is 30.0 Å². The molecule has 6 heteroatoms. The number of hydrogen-bond donors (Lipinski definition) is 1. The average molecular weight is 318 g/mol. The summed E-state index contributed by atoms with van der Waals surface area (Å²) in [5.74, 6) is 0.234. The van der Waals surface area contributed by atoms with Crippen molar-refractivity contribution in [3.8, 4) is 5.75 Å². The standard InChI is InChI=1S/C14H17Cl2NO3/c1-9(14(19)17-7-3-4-10(18)8-17)20-12-6-2-5-11(15)13(12)16/h2,5-6,9-10,18H,3-4,7-8H2,1H3. The third kappa shape index (κ3) is 3.57. The molecule has 0 radical (unpaired) electrons. The van der Waals surface area contributed by atoms with Crippen molar-refractivity contribution in [3.63, 3.8) is 0 Å². The Morgan fingerprint density at radius 2 is 2.25 bits per heavy atom. The number of carbonyl (C=O) groups is 1. The van der Waals surface area contributed by atoms with E-state index in [2.05, 4.69) is 0 Å². The van der Waals surface area contributed by atoms with Gasteiger partial charge in [0.1, 0.15) is 10.8 Å². The van der Waals surface area contributed by atoms with Gasteiger partial charge in [-0.1, -0.05) is 29.3 Å². The van der Waals surface area contributed by atoms with Crippen molar-refractivity contribution in [1.29, 1.82) is 0 Å². The van der Waals surface area contributed by atoms with Crippen LogP contribution in [0.4, 0.5) is 0 Å². The predicted molar refractivity (Wildman–Crippen MR) is 78.4 cm³/mol. The van der Waals surface area contributed by atoms with E-state index >= 15 is 0 Å². The molecule has 0 spiro atoms. The molecule has 0 bridgehead atoms. The van der Waals surface area contributed by atoms with Crippen LogP contribution in [-0.2, 0) is 4.79 Å². The molecular formula is C14H17Cl2NO3. The summed E-state index contributed by atoms with van der Waals surface area (Å²) in [6, 6.07) is 5.04. The number of hydrogen-bond acceptors (Lipinski definition) is 3. The van der Waals surface area contributed by atoms with Crippen molar-refractivity contribution in [2.45, 2.75) is 32.0 Å². The summed E-state index contributed by atoms with van der Waals surface area (Å²) in [7, 11) is 0. The minimum atomic E-state index is -0.670. The fourth-order valence-electron chi connectivity index (χ4n) is 2.23. The molecule has 2 rings (SSSR count). The van der Waals surface area contributed by atoms with Gasteiger partial charge in [0, 0.05) is 13.1 Å². The summed E-state index contributed by atoms with van der Waals surface area (Å²) < 4.78 is 5.59. The monoisotopic (exact) mass is 317 g/mol. The van der Waals surface area contributed by atoms with Crippen molar-refractivity contribution in [3.05, 3.63) is 28.2 Å². The minimum Gasteiger partial charge on any atom is -0.479 e. The highest BCUT2D eigenvalue weighted by Crippen LogP contribution is 2.32. The third-order valence-electron chi connectivity index (χ3n) is 3.28. The molecule has 1 aromatic rings. The van der Waals surface area contributed by atoms with Crippen LogP contribution in [0.25, 0.3) is 0 Å². The average Bonchev–Trinajstić information content (AvgIpc) is 2.43. The summed E-state index contributed by atoms with van der Waals surface area (Å²) in [5, 5.41) is 10.3. The molecule has 1 amide bonds. The third-order valence-corrected chi connectivity index (χ3v) is 4.08. The Labute approximate surface area is 128 Å². The summed E-state index contributed by atoms with van der Waals surface area (Å²) in [6.07, 6.45) is 0.419. The quantitative estimate of drug-likeness (QED) is 0.932. The number of nitrogens with zero attached hydrogens (tertiary/aromatic N) is 1. The Morgan fingerprint density at radius 3 is 2.95 bits per heavy atom. The molecule has 0 saturated carbocycles. The molecule has 4 nitrogen and oxygen atoms in total. The first kappa shape index (κ1) is 15.4. The van der Waals surface area contributed by atoms with Crippen LogP contribution in [0.5, 0.6) is 5.75 Å². The van der Waals surface area contributed by atoms with Gasteiger partial charge in [0.05, 0.1) is 11.1 Å². The van der Waals surface area contributed by atoms with Crippen LogP contribution >= 0.6 is 23.2 Å². The zero-order valence-corrected chi connectivity index (χ0v) is 12.7. The number of halogens is 2. The number of aliphatic hydroxyl groups is 1. The lowest BCUT2D eigenvalue weighted by atomic mass is 10.1. The van der Waals surface area contributed by atoms with E-state index in [9.17, 15) is 9.90 Å². The van der Waals surface area contributed by atoms with E-state index in [-0.39, 0.29) is 5.91 Å². The van der Waals surface area contributed by atoms with Gasteiger partial charge in [-0.2, -0.15) is 0 Å². The second-order valence-corrected chi connectivity index (χ2v) is 5.68. The van der Waals surface area contributed by atoms with Gasteiger partial charge in [-0.15, -0.1) is 0 Å². The first-order valence-electron chi connectivity index (χ1n) is 6.56. The SMILES string of the molecule is CC(Oc1cccc(Cl)c1Cl)C(=O)N1CCCC(O)C1. The highest BCUT2D eigenvalue weighted by Gasteiger charge is 2.27. The van der Waals surface area contributed by atoms with Gasteiger partial charge in [-0.25, -0.2) is 0 Å². The summed E-state index contributed by atoms with van der Waals surface area (Å²) in [5.41, 5.74) is 0. The number of aliphatic hydroxyl groups excluding tert-OH is 1. The van der Waals surface area contributed by atoms with Crippen molar-refractivity contribution < 1.29 is 14.6 Å². The van der Waals surface area contributed by atoms with E-state index in [1.807, 2.05) is 0 Å². The Balaban J connectivity index is 2.02. The normalized spacial score (nSPS) is 20.6. The first-order chi connectivity index (χ1) is 9.49. The van der Waals surface area contributed by atoms with Gasteiger partial charge in [0.25, 0.3) is 5.91 Å². The van der Waals surface area contributed by atoms with Crippen LogP contribution in [0, 0.1) is 0 Å². The van der Waals surface area contributed by atoms with Gasteiger partial charge in [0.2, 0.25) is 0 Å². The molecule has 1 heterocycles. The molecule has 20 heavy (non-hydrogen) atoms. The smallest absolute Gasteiger partial charge is 0.263 e. The number of rotatable bonds is 3. The molecule has 1 saturated heterocycles. The Bertz CT molecular complexity index is 495. The number of benzene rings is 1. The highest BCUT2D eigenvalue weighted by molar-refractivity contribution is 6.42. The number of β-amino-alcohol motifs (C(OH)–C–C–N with tert-alkyl or cyclic N) is 1. The van der Waals surface area contributed by atoms with Crippen LogP contribution in [-0.4, -0.2) is 41.2 Å². The van der Waals surface area contributed by atoms with Gasteiger partial charge in [0.15, 0.2) is 6.10 Å². The highest BCUT2D eigenvalue weighted by atomic mass is 35.5. The van der Waals surface area contributed by atoms with Crippen molar-refractivity contribution in [1.82, 2.24) is 4.90 Å². The number of likely N-dealkylation sites (tertiary alicyclic amines) is 1. The van der Waals surface area contributed by atoms with E-state index in [0.29, 0.717) is 28.9 Å². The van der Waals surface area contributed by atoms with Crippen LogP contribution in [0.1, 0.15) is 19.8 Å². The summed E-state index contributed by atoms with van der Waals surface area (Å²) in [4.78, 5) is 13.9. The van der Waals surface area contributed by atoms with E-state index in [4.69, 9.17) is 27.9 Å². The maximum atomic E-state index is 12.3.